The SMILES string of the molecule is C.Cc1ccc2nc(NC(=O)CC(C)(C)C)n(-c3ccc(OC(F)(F)F)c(F)c3)c2c1.Cc1ccc2nc(NC(=O)CC3(C)CCC3)n(-c3ccc(OC(F)(F)F)c(F)c3)c2c1. The van der Waals surface area contributed by atoms with Crippen molar-refractivity contribution in [3.05, 3.63) is 95.6 Å². The van der Waals surface area contributed by atoms with Gasteiger partial charge in [0.25, 0.3) is 0 Å². The van der Waals surface area contributed by atoms with Crippen molar-refractivity contribution in [2.75, 3.05) is 10.6 Å². The lowest BCUT2D eigenvalue weighted by molar-refractivity contribution is -0.276. The predicted molar refractivity (Wildman–Crippen MR) is 220 cm³/mol. The summed E-state index contributed by atoms with van der Waals surface area (Å²) in [6.45, 7) is 11.5. The maximum atomic E-state index is 14.4. The van der Waals surface area contributed by atoms with Crippen LogP contribution in [0.5, 0.6) is 11.5 Å². The third-order valence-corrected chi connectivity index (χ3v) is 9.76. The fourth-order valence-corrected chi connectivity index (χ4v) is 6.90. The summed E-state index contributed by atoms with van der Waals surface area (Å²) >= 11 is 0. The van der Waals surface area contributed by atoms with Crippen LogP contribution in [0.25, 0.3) is 33.4 Å². The number of aryl methyl sites for hydroxylation is 2. The first kappa shape index (κ1) is 46.9. The maximum Gasteiger partial charge on any atom is 0.573 e. The van der Waals surface area contributed by atoms with Crippen LogP contribution in [0.1, 0.15) is 78.4 Å². The number of anilines is 2. The molecule has 62 heavy (non-hydrogen) atoms. The fourth-order valence-electron chi connectivity index (χ4n) is 6.90. The van der Waals surface area contributed by atoms with Crippen LogP contribution in [-0.2, 0) is 9.59 Å². The first-order chi connectivity index (χ1) is 28.3. The molecule has 0 spiro atoms. The molecule has 332 valence electrons. The lowest BCUT2D eigenvalue weighted by Gasteiger charge is -2.37. The number of halogens is 8. The molecule has 1 aliphatic carbocycles. The number of benzene rings is 4. The van der Waals surface area contributed by atoms with Crippen molar-refractivity contribution in [1.29, 1.82) is 0 Å². The van der Waals surface area contributed by atoms with E-state index in [1.54, 1.807) is 18.2 Å². The highest BCUT2D eigenvalue weighted by Gasteiger charge is 2.35. The summed E-state index contributed by atoms with van der Waals surface area (Å²) in [5, 5.41) is 5.52. The normalized spacial score (nSPS) is 13.7. The van der Waals surface area contributed by atoms with E-state index in [1.165, 1.54) is 21.3 Å². The van der Waals surface area contributed by atoms with Gasteiger partial charge in [0.15, 0.2) is 23.1 Å². The summed E-state index contributed by atoms with van der Waals surface area (Å²) in [4.78, 5) is 34.0. The third-order valence-electron chi connectivity index (χ3n) is 9.76. The fraction of sp³-hybridized carbons (Fsp3) is 0.364. The number of carbonyl (C=O) groups is 2. The molecule has 6 aromatic rings. The lowest BCUT2D eigenvalue weighted by Crippen LogP contribution is -2.31. The van der Waals surface area contributed by atoms with Crippen LogP contribution >= 0.6 is 0 Å². The summed E-state index contributed by atoms with van der Waals surface area (Å²) in [5.41, 5.74) is 4.18. The topological polar surface area (TPSA) is 112 Å². The van der Waals surface area contributed by atoms with Gasteiger partial charge in [-0.15, -0.1) is 26.3 Å². The molecule has 0 unspecified atom stereocenters. The number of carbonyl (C=O) groups excluding carboxylic acids is 2. The molecular weight excluding hydrogens is 829 g/mol. The first-order valence-electron chi connectivity index (χ1n) is 19.0. The molecule has 1 saturated carbocycles. The monoisotopic (exact) mass is 874 g/mol. The Balaban J connectivity index is 0.000000231. The van der Waals surface area contributed by atoms with Crippen molar-refractivity contribution in [2.24, 2.45) is 10.8 Å². The van der Waals surface area contributed by atoms with Crippen molar-refractivity contribution < 1.29 is 54.2 Å². The van der Waals surface area contributed by atoms with Crippen molar-refractivity contribution >= 4 is 45.8 Å². The second-order valence-electron chi connectivity index (χ2n) is 16.5. The Morgan fingerprint density at radius 1 is 0.677 bits per heavy atom. The largest absolute Gasteiger partial charge is 0.573 e. The van der Waals surface area contributed by atoms with Gasteiger partial charge < -0.3 is 9.47 Å². The molecule has 2 amide bonds. The number of hydrogen-bond donors (Lipinski definition) is 2. The Kier molecular flexibility index (Phi) is 13.3. The summed E-state index contributed by atoms with van der Waals surface area (Å²) in [6, 6.07) is 17.0. The number of fused-ring (bicyclic) bond motifs is 2. The van der Waals surface area contributed by atoms with Crippen molar-refractivity contribution in [2.45, 2.75) is 93.8 Å². The van der Waals surface area contributed by atoms with E-state index in [2.05, 4.69) is 37.0 Å². The summed E-state index contributed by atoms with van der Waals surface area (Å²) in [6.07, 6.45) is -6.41. The van der Waals surface area contributed by atoms with Gasteiger partial charge in [-0.1, -0.05) is 53.7 Å². The van der Waals surface area contributed by atoms with E-state index < -0.39 is 35.9 Å². The number of ether oxygens (including phenoxy) is 2. The number of aromatic nitrogens is 4. The molecular formula is C44H46F8N6O4. The second-order valence-corrected chi connectivity index (χ2v) is 16.5. The highest BCUT2D eigenvalue weighted by Crippen LogP contribution is 2.43. The van der Waals surface area contributed by atoms with E-state index in [-0.39, 0.29) is 59.8 Å². The molecule has 7 rings (SSSR count). The van der Waals surface area contributed by atoms with Crippen LogP contribution in [0, 0.1) is 36.3 Å². The molecule has 2 N–H and O–H groups in total. The Bertz CT molecular complexity index is 2610. The zero-order valence-electron chi connectivity index (χ0n) is 33.9. The van der Waals surface area contributed by atoms with Gasteiger partial charge >= 0.3 is 12.7 Å². The second kappa shape index (κ2) is 17.6. The molecule has 2 heterocycles. The van der Waals surface area contributed by atoms with Crippen LogP contribution in [0.2, 0.25) is 0 Å². The zero-order chi connectivity index (χ0) is 44.7. The number of nitrogens with one attached hydrogen (secondary N) is 2. The first-order valence-corrected chi connectivity index (χ1v) is 19.0. The number of hydrogen-bond acceptors (Lipinski definition) is 6. The number of amides is 2. The minimum absolute atomic E-state index is 0. The predicted octanol–water partition coefficient (Wildman–Crippen LogP) is 12.3. The average Bonchev–Trinajstić information content (AvgIpc) is 3.64. The van der Waals surface area contributed by atoms with Crippen LogP contribution in [0.15, 0.2) is 72.8 Å². The van der Waals surface area contributed by atoms with Crippen LogP contribution < -0.4 is 20.1 Å². The molecule has 18 heteroatoms. The van der Waals surface area contributed by atoms with E-state index in [9.17, 15) is 44.7 Å². The van der Waals surface area contributed by atoms with E-state index in [1.807, 2.05) is 52.8 Å². The Labute approximate surface area is 352 Å². The number of imidazole rings is 2. The molecule has 1 aliphatic rings. The van der Waals surface area contributed by atoms with Crippen molar-refractivity contribution in [3.63, 3.8) is 0 Å². The van der Waals surface area contributed by atoms with Gasteiger partial charge in [0, 0.05) is 25.0 Å². The van der Waals surface area contributed by atoms with Gasteiger partial charge in [-0.25, -0.2) is 18.7 Å². The number of rotatable bonds is 9. The molecule has 2 aromatic heterocycles. The van der Waals surface area contributed by atoms with Gasteiger partial charge in [0.1, 0.15) is 0 Å². The summed E-state index contributed by atoms with van der Waals surface area (Å²) in [5.74, 6) is -4.41. The van der Waals surface area contributed by atoms with Crippen LogP contribution in [-0.4, -0.2) is 43.6 Å². The van der Waals surface area contributed by atoms with E-state index in [0.717, 1.165) is 54.7 Å². The standard InChI is InChI=1S/C22H21F4N3O2.C21H21F4N3O2.CH4/c1-13-4-6-16-17(10-13)29(14-5-7-18(15(23)11-14)31-22(24,25)26)20(27-16)28-19(30)12-21(2)8-3-9-21;1-12-5-7-15-16(9-12)28(19(26-15)27-18(29)11-20(2,3)4)13-6-8-17(14(22)10-13)30-21(23,24)25;/h4-7,10-11H,3,8-9,12H2,1-2H3,(H,27,28,30);5-10H,11H2,1-4H3,(H,26,27,29);1H4. The maximum absolute atomic E-state index is 14.4. The zero-order valence-corrected chi connectivity index (χ0v) is 33.9. The molecule has 0 bridgehead atoms. The molecule has 0 atom stereocenters. The van der Waals surface area contributed by atoms with Crippen LogP contribution in [0.4, 0.5) is 47.0 Å². The van der Waals surface area contributed by atoms with E-state index in [0.29, 0.717) is 28.5 Å². The van der Waals surface area contributed by atoms with E-state index in [4.69, 9.17) is 0 Å². The summed E-state index contributed by atoms with van der Waals surface area (Å²) < 4.78 is 114. The molecule has 10 nitrogen and oxygen atoms in total. The molecule has 0 radical (unpaired) electrons. The average molecular weight is 875 g/mol. The Morgan fingerprint density at radius 2 is 1.10 bits per heavy atom. The van der Waals surface area contributed by atoms with Gasteiger partial charge in [-0.3, -0.25) is 29.4 Å². The lowest BCUT2D eigenvalue weighted by atomic mass is 9.68. The highest BCUT2D eigenvalue weighted by atomic mass is 19.4. The Morgan fingerprint density at radius 3 is 1.45 bits per heavy atom. The van der Waals surface area contributed by atoms with Gasteiger partial charge in [-0.2, -0.15) is 0 Å². The third kappa shape index (κ3) is 11.6. The van der Waals surface area contributed by atoms with Gasteiger partial charge in [0.2, 0.25) is 23.7 Å². The van der Waals surface area contributed by atoms with E-state index >= 15 is 0 Å². The van der Waals surface area contributed by atoms with Gasteiger partial charge in [-0.05, 0) is 97.2 Å². The van der Waals surface area contributed by atoms with Crippen molar-refractivity contribution in [3.8, 4) is 22.9 Å². The minimum Gasteiger partial charge on any atom is -0.403 e. The molecule has 4 aromatic carbocycles. The minimum atomic E-state index is -5.01. The Hall–Kier alpha value is -6.20. The van der Waals surface area contributed by atoms with Crippen LogP contribution in [0.3, 0.4) is 0 Å². The molecule has 1 fully saturated rings. The molecule has 0 aliphatic heterocycles. The summed E-state index contributed by atoms with van der Waals surface area (Å²) in [7, 11) is 0. The number of alkyl halides is 6. The quantitative estimate of drug-likeness (QED) is 0.140. The smallest absolute Gasteiger partial charge is 0.403 e. The highest BCUT2D eigenvalue weighted by molar-refractivity contribution is 5.94. The molecule has 0 saturated heterocycles. The number of nitrogens with zero attached hydrogens (tertiary/aromatic N) is 4. The van der Waals surface area contributed by atoms with Gasteiger partial charge in [0.05, 0.1) is 33.4 Å². The van der Waals surface area contributed by atoms with Crippen molar-refractivity contribution in [1.82, 2.24) is 19.1 Å².